The predicted octanol–water partition coefficient (Wildman–Crippen LogP) is 2.08. The van der Waals surface area contributed by atoms with Crippen molar-refractivity contribution in [1.29, 1.82) is 0 Å². The van der Waals surface area contributed by atoms with Gasteiger partial charge < -0.3 is 10.5 Å². The number of hydrogen-bond donors (Lipinski definition) is 1. The summed E-state index contributed by atoms with van der Waals surface area (Å²) in [5, 5.41) is 2.14. The molecule has 0 aliphatic carbocycles. The van der Waals surface area contributed by atoms with Gasteiger partial charge in [-0.25, -0.2) is 0 Å². The van der Waals surface area contributed by atoms with E-state index in [1.807, 2.05) is 11.3 Å². The monoisotopic (exact) mass is 254 g/mol. The average molecular weight is 254 g/mol. The van der Waals surface area contributed by atoms with Gasteiger partial charge in [-0.15, -0.1) is 11.3 Å². The molecule has 0 bridgehead atoms. The summed E-state index contributed by atoms with van der Waals surface area (Å²) in [7, 11) is 0. The van der Waals surface area contributed by atoms with Gasteiger partial charge in [0.15, 0.2) is 0 Å². The van der Waals surface area contributed by atoms with Crippen LogP contribution in [0.2, 0.25) is 0 Å². The van der Waals surface area contributed by atoms with E-state index in [4.69, 9.17) is 10.5 Å². The van der Waals surface area contributed by atoms with E-state index in [0.717, 1.165) is 45.7 Å². The number of rotatable bonds is 5. The van der Waals surface area contributed by atoms with Crippen LogP contribution in [0.15, 0.2) is 17.5 Å². The molecule has 0 unspecified atom stereocenters. The first-order valence-corrected chi connectivity index (χ1v) is 7.24. The number of nitrogens with two attached hydrogens (primary N) is 1. The highest BCUT2D eigenvalue weighted by Crippen LogP contribution is 2.29. The fourth-order valence-corrected chi connectivity index (χ4v) is 3.33. The van der Waals surface area contributed by atoms with Crippen molar-refractivity contribution in [3.8, 4) is 0 Å². The molecule has 2 heterocycles. The molecule has 0 spiro atoms. The van der Waals surface area contributed by atoms with E-state index in [2.05, 4.69) is 29.3 Å². The smallest absolute Gasteiger partial charge is 0.0484 e. The van der Waals surface area contributed by atoms with Crippen LogP contribution in [-0.4, -0.2) is 36.7 Å². The second-order valence-corrected chi connectivity index (χ2v) is 5.67. The summed E-state index contributed by atoms with van der Waals surface area (Å²) in [6.07, 6.45) is 2.12. The minimum atomic E-state index is 0.150. The highest BCUT2D eigenvalue weighted by molar-refractivity contribution is 7.09. The Morgan fingerprint density at radius 1 is 1.47 bits per heavy atom. The Kier molecular flexibility index (Phi) is 4.56. The summed E-state index contributed by atoms with van der Waals surface area (Å²) in [5.74, 6) is 0. The van der Waals surface area contributed by atoms with Gasteiger partial charge in [-0.3, -0.25) is 4.90 Å². The molecule has 1 aromatic rings. The standard InChI is InChI=1S/C13H22N2OS/c1-2-15(10-12-4-3-9-17-12)13(11-14)5-7-16-8-6-13/h3-4,9H,2,5-8,10-11,14H2,1H3. The molecule has 2 rings (SSSR count). The zero-order valence-corrected chi connectivity index (χ0v) is 11.3. The van der Waals surface area contributed by atoms with Gasteiger partial charge in [0.25, 0.3) is 0 Å². The van der Waals surface area contributed by atoms with Gasteiger partial charge in [-0.05, 0) is 30.8 Å². The van der Waals surface area contributed by atoms with Crippen molar-refractivity contribution in [3.63, 3.8) is 0 Å². The van der Waals surface area contributed by atoms with Crippen molar-refractivity contribution in [1.82, 2.24) is 4.90 Å². The topological polar surface area (TPSA) is 38.5 Å². The Balaban J connectivity index is 2.09. The zero-order valence-electron chi connectivity index (χ0n) is 10.5. The van der Waals surface area contributed by atoms with Gasteiger partial charge in [0.1, 0.15) is 0 Å². The van der Waals surface area contributed by atoms with Crippen LogP contribution in [0.3, 0.4) is 0 Å². The lowest BCUT2D eigenvalue weighted by Gasteiger charge is -2.45. The van der Waals surface area contributed by atoms with Crippen LogP contribution < -0.4 is 5.73 Å². The van der Waals surface area contributed by atoms with Crippen LogP contribution in [0.5, 0.6) is 0 Å². The highest BCUT2D eigenvalue weighted by Gasteiger charge is 2.36. The van der Waals surface area contributed by atoms with Crippen molar-refractivity contribution in [3.05, 3.63) is 22.4 Å². The van der Waals surface area contributed by atoms with Gasteiger partial charge in [0, 0.05) is 36.7 Å². The molecule has 1 aromatic heterocycles. The SMILES string of the molecule is CCN(Cc1cccs1)C1(CN)CCOCC1. The maximum atomic E-state index is 6.05. The van der Waals surface area contributed by atoms with Gasteiger partial charge in [-0.2, -0.15) is 0 Å². The van der Waals surface area contributed by atoms with Crippen LogP contribution in [0.25, 0.3) is 0 Å². The van der Waals surface area contributed by atoms with Gasteiger partial charge in [-0.1, -0.05) is 13.0 Å². The lowest BCUT2D eigenvalue weighted by Crippen LogP contribution is -2.56. The molecular formula is C13H22N2OS. The second kappa shape index (κ2) is 5.96. The van der Waals surface area contributed by atoms with E-state index in [1.165, 1.54) is 4.88 Å². The van der Waals surface area contributed by atoms with Crippen LogP contribution in [0, 0.1) is 0 Å². The largest absolute Gasteiger partial charge is 0.381 e. The molecule has 3 nitrogen and oxygen atoms in total. The van der Waals surface area contributed by atoms with E-state index in [0.29, 0.717) is 0 Å². The van der Waals surface area contributed by atoms with Crippen LogP contribution in [0.1, 0.15) is 24.6 Å². The maximum Gasteiger partial charge on any atom is 0.0484 e. The van der Waals surface area contributed by atoms with E-state index in [9.17, 15) is 0 Å². The maximum absolute atomic E-state index is 6.05. The molecule has 1 aliphatic heterocycles. The number of nitrogens with zero attached hydrogens (tertiary/aromatic N) is 1. The lowest BCUT2D eigenvalue weighted by molar-refractivity contribution is -0.0256. The minimum Gasteiger partial charge on any atom is -0.381 e. The summed E-state index contributed by atoms with van der Waals surface area (Å²) in [5.41, 5.74) is 6.20. The normalized spacial score (nSPS) is 19.7. The fraction of sp³-hybridized carbons (Fsp3) is 0.692. The van der Waals surface area contributed by atoms with E-state index < -0.39 is 0 Å². The summed E-state index contributed by atoms with van der Waals surface area (Å²) in [6.45, 7) is 6.72. The molecule has 0 radical (unpaired) electrons. The molecule has 4 heteroatoms. The molecule has 0 aromatic carbocycles. The average Bonchev–Trinajstić information content (AvgIpc) is 2.89. The highest BCUT2D eigenvalue weighted by atomic mass is 32.1. The van der Waals surface area contributed by atoms with Gasteiger partial charge in [0.2, 0.25) is 0 Å². The summed E-state index contributed by atoms with van der Waals surface area (Å²) in [4.78, 5) is 3.95. The Bertz CT molecular complexity index is 320. The van der Waals surface area contributed by atoms with E-state index >= 15 is 0 Å². The summed E-state index contributed by atoms with van der Waals surface area (Å²) < 4.78 is 5.48. The first kappa shape index (κ1) is 13.0. The Morgan fingerprint density at radius 2 is 2.24 bits per heavy atom. The number of thiophene rings is 1. The molecule has 0 saturated carbocycles. The first-order valence-electron chi connectivity index (χ1n) is 6.36. The van der Waals surface area contributed by atoms with Crippen molar-refractivity contribution in [2.75, 3.05) is 26.3 Å². The summed E-state index contributed by atoms with van der Waals surface area (Å²) in [6, 6.07) is 4.32. The van der Waals surface area contributed by atoms with Crippen molar-refractivity contribution < 1.29 is 4.74 Å². The molecular weight excluding hydrogens is 232 g/mol. The molecule has 1 fully saturated rings. The van der Waals surface area contributed by atoms with Crippen molar-refractivity contribution >= 4 is 11.3 Å². The third-order valence-corrected chi connectivity index (χ3v) is 4.64. The Hall–Kier alpha value is -0.420. The third kappa shape index (κ3) is 2.88. The third-order valence-electron chi connectivity index (χ3n) is 3.78. The molecule has 0 atom stereocenters. The molecule has 1 aliphatic rings. The quantitative estimate of drug-likeness (QED) is 0.874. The van der Waals surface area contributed by atoms with Crippen LogP contribution in [0.4, 0.5) is 0 Å². The molecule has 0 amide bonds. The van der Waals surface area contributed by atoms with E-state index in [-0.39, 0.29) is 5.54 Å². The lowest BCUT2D eigenvalue weighted by atomic mass is 9.88. The molecule has 2 N–H and O–H groups in total. The van der Waals surface area contributed by atoms with E-state index in [1.54, 1.807) is 0 Å². The number of ether oxygens (including phenoxy) is 1. The zero-order chi connectivity index (χ0) is 12.1. The minimum absolute atomic E-state index is 0.150. The number of hydrogen-bond acceptors (Lipinski definition) is 4. The van der Waals surface area contributed by atoms with Crippen molar-refractivity contribution in [2.24, 2.45) is 5.73 Å². The summed E-state index contributed by atoms with van der Waals surface area (Å²) >= 11 is 1.83. The molecule has 17 heavy (non-hydrogen) atoms. The van der Waals surface area contributed by atoms with Crippen LogP contribution in [-0.2, 0) is 11.3 Å². The van der Waals surface area contributed by atoms with Crippen molar-refractivity contribution in [2.45, 2.75) is 31.8 Å². The Labute approximate surface area is 108 Å². The fourth-order valence-electron chi connectivity index (χ4n) is 2.61. The van der Waals surface area contributed by atoms with Gasteiger partial charge in [0.05, 0.1) is 0 Å². The molecule has 1 saturated heterocycles. The second-order valence-electron chi connectivity index (χ2n) is 4.63. The number of likely N-dealkylation sites (N-methyl/N-ethyl adjacent to an activating group) is 1. The van der Waals surface area contributed by atoms with Crippen LogP contribution >= 0.6 is 11.3 Å². The van der Waals surface area contributed by atoms with Gasteiger partial charge >= 0.3 is 0 Å². The molecule has 96 valence electrons. The first-order chi connectivity index (χ1) is 8.30. The Morgan fingerprint density at radius 3 is 2.76 bits per heavy atom. The predicted molar refractivity (Wildman–Crippen MR) is 72.2 cm³/mol.